The Hall–Kier alpha value is -2.74. The Morgan fingerprint density at radius 2 is 1.97 bits per heavy atom. The van der Waals surface area contributed by atoms with Gasteiger partial charge < -0.3 is 14.6 Å². The molecule has 1 fully saturated rings. The second kappa shape index (κ2) is 10.3. The third-order valence-corrected chi connectivity index (χ3v) is 5.53. The van der Waals surface area contributed by atoms with E-state index in [1.165, 1.54) is 12.1 Å². The summed E-state index contributed by atoms with van der Waals surface area (Å²) >= 11 is 0. The standard InChI is InChI=1S/C25H30FN3O3/c1-3-31-17-21(30)15-29(20-12-13-20)16-23-24(18-8-5-4-6-9-18)27-28(2)25(23)32-22-11-7-10-19(26)14-22/h4-11,14,20-21,30H,3,12-13,15-17H2,1-2H3/t21-/m1/s1. The van der Waals surface area contributed by atoms with Gasteiger partial charge in [-0.25, -0.2) is 9.07 Å². The Kier molecular flexibility index (Phi) is 7.19. The molecule has 1 atom stereocenters. The number of rotatable bonds is 11. The molecule has 1 aromatic heterocycles. The summed E-state index contributed by atoms with van der Waals surface area (Å²) in [6.45, 7) is 3.88. The third kappa shape index (κ3) is 5.54. The van der Waals surface area contributed by atoms with Crippen LogP contribution in [0.1, 0.15) is 25.3 Å². The lowest BCUT2D eigenvalue weighted by Gasteiger charge is -2.25. The Balaban J connectivity index is 1.67. The molecule has 0 unspecified atom stereocenters. The molecule has 1 aliphatic carbocycles. The van der Waals surface area contributed by atoms with Crippen molar-refractivity contribution in [2.45, 2.75) is 38.5 Å². The van der Waals surface area contributed by atoms with Gasteiger partial charge in [0.1, 0.15) is 17.3 Å². The number of hydrogen-bond donors (Lipinski definition) is 1. The molecule has 7 heteroatoms. The van der Waals surface area contributed by atoms with E-state index in [9.17, 15) is 9.50 Å². The molecule has 1 saturated carbocycles. The van der Waals surface area contributed by atoms with Crippen molar-refractivity contribution in [3.8, 4) is 22.9 Å². The highest BCUT2D eigenvalue weighted by atomic mass is 19.1. The second-order valence-electron chi connectivity index (χ2n) is 8.16. The topological polar surface area (TPSA) is 59.8 Å². The van der Waals surface area contributed by atoms with Crippen molar-refractivity contribution < 1.29 is 19.0 Å². The van der Waals surface area contributed by atoms with E-state index in [2.05, 4.69) is 4.90 Å². The zero-order chi connectivity index (χ0) is 22.5. The van der Waals surface area contributed by atoms with Crippen molar-refractivity contribution >= 4 is 0 Å². The monoisotopic (exact) mass is 439 g/mol. The van der Waals surface area contributed by atoms with E-state index in [1.807, 2.05) is 44.3 Å². The Morgan fingerprint density at radius 1 is 1.19 bits per heavy atom. The summed E-state index contributed by atoms with van der Waals surface area (Å²) in [6.07, 6.45) is 1.63. The van der Waals surface area contributed by atoms with E-state index in [1.54, 1.807) is 16.8 Å². The molecule has 4 rings (SSSR count). The van der Waals surface area contributed by atoms with Crippen LogP contribution >= 0.6 is 0 Å². The first-order valence-corrected chi connectivity index (χ1v) is 11.1. The van der Waals surface area contributed by atoms with Crippen molar-refractivity contribution in [3.63, 3.8) is 0 Å². The molecular formula is C25H30FN3O3. The van der Waals surface area contributed by atoms with Crippen LogP contribution in [0.25, 0.3) is 11.3 Å². The van der Waals surface area contributed by atoms with E-state index >= 15 is 0 Å². The molecule has 1 heterocycles. The quantitative estimate of drug-likeness (QED) is 0.481. The van der Waals surface area contributed by atoms with Gasteiger partial charge in [-0.2, -0.15) is 5.10 Å². The normalized spacial score (nSPS) is 14.7. The lowest BCUT2D eigenvalue weighted by Crippen LogP contribution is -2.36. The van der Waals surface area contributed by atoms with E-state index in [0.29, 0.717) is 44.0 Å². The molecule has 1 N–H and O–H groups in total. The van der Waals surface area contributed by atoms with Crippen molar-refractivity contribution in [1.82, 2.24) is 14.7 Å². The van der Waals surface area contributed by atoms with Gasteiger partial charge in [-0.05, 0) is 31.9 Å². The molecule has 32 heavy (non-hydrogen) atoms. The molecule has 0 aliphatic heterocycles. The molecular weight excluding hydrogens is 409 g/mol. The van der Waals surface area contributed by atoms with Crippen LogP contribution in [-0.4, -0.2) is 51.7 Å². The van der Waals surface area contributed by atoms with Gasteiger partial charge in [0.25, 0.3) is 0 Å². The lowest BCUT2D eigenvalue weighted by molar-refractivity contribution is 0.0178. The number of hydrogen-bond acceptors (Lipinski definition) is 5. The predicted molar refractivity (Wildman–Crippen MR) is 121 cm³/mol. The molecule has 0 amide bonds. The summed E-state index contributed by atoms with van der Waals surface area (Å²) < 4.78 is 27.0. The Bertz CT molecular complexity index is 1020. The van der Waals surface area contributed by atoms with Gasteiger partial charge in [0.05, 0.1) is 18.3 Å². The van der Waals surface area contributed by atoms with Crippen LogP contribution in [0, 0.1) is 5.82 Å². The first-order valence-electron chi connectivity index (χ1n) is 11.1. The van der Waals surface area contributed by atoms with Crippen LogP contribution in [0.5, 0.6) is 11.6 Å². The fourth-order valence-corrected chi connectivity index (χ4v) is 3.86. The summed E-state index contributed by atoms with van der Waals surface area (Å²) in [5, 5.41) is 15.2. The highest BCUT2D eigenvalue weighted by Crippen LogP contribution is 2.37. The van der Waals surface area contributed by atoms with E-state index in [4.69, 9.17) is 14.6 Å². The van der Waals surface area contributed by atoms with Crippen LogP contribution in [0.4, 0.5) is 4.39 Å². The van der Waals surface area contributed by atoms with Gasteiger partial charge in [-0.15, -0.1) is 0 Å². The first kappa shape index (κ1) is 22.5. The molecule has 0 spiro atoms. The molecule has 170 valence electrons. The Morgan fingerprint density at radius 3 is 2.66 bits per heavy atom. The number of aromatic nitrogens is 2. The number of nitrogens with zero attached hydrogens (tertiary/aromatic N) is 3. The van der Waals surface area contributed by atoms with E-state index in [-0.39, 0.29) is 5.82 Å². The van der Waals surface area contributed by atoms with Gasteiger partial charge in [-0.3, -0.25) is 4.90 Å². The molecule has 0 radical (unpaired) electrons. The maximum atomic E-state index is 13.8. The summed E-state index contributed by atoms with van der Waals surface area (Å²) in [6, 6.07) is 16.5. The zero-order valence-electron chi connectivity index (χ0n) is 18.6. The summed E-state index contributed by atoms with van der Waals surface area (Å²) in [5.74, 6) is 0.635. The zero-order valence-corrected chi connectivity index (χ0v) is 18.6. The van der Waals surface area contributed by atoms with Crippen molar-refractivity contribution in [3.05, 3.63) is 66.0 Å². The second-order valence-corrected chi connectivity index (χ2v) is 8.16. The minimum atomic E-state index is -0.569. The van der Waals surface area contributed by atoms with Crippen LogP contribution in [0.2, 0.25) is 0 Å². The molecule has 2 aromatic carbocycles. The van der Waals surface area contributed by atoms with Gasteiger partial charge >= 0.3 is 0 Å². The fourth-order valence-electron chi connectivity index (χ4n) is 3.86. The fraction of sp³-hybridized carbons (Fsp3) is 0.400. The largest absolute Gasteiger partial charge is 0.439 e. The van der Waals surface area contributed by atoms with Gasteiger partial charge in [0.15, 0.2) is 0 Å². The van der Waals surface area contributed by atoms with Gasteiger partial charge in [0.2, 0.25) is 5.88 Å². The van der Waals surface area contributed by atoms with Crippen molar-refractivity contribution in [2.24, 2.45) is 7.05 Å². The highest BCUT2D eigenvalue weighted by Gasteiger charge is 2.33. The van der Waals surface area contributed by atoms with Crippen molar-refractivity contribution in [1.29, 1.82) is 0 Å². The van der Waals surface area contributed by atoms with Gasteiger partial charge in [-0.1, -0.05) is 36.4 Å². The lowest BCUT2D eigenvalue weighted by atomic mass is 10.1. The minimum absolute atomic E-state index is 0.310. The van der Waals surface area contributed by atoms with Crippen LogP contribution in [-0.2, 0) is 18.3 Å². The van der Waals surface area contributed by atoms with E-state index in [0.717, 1.165) is 29.7 Å². The first-order chi connectivity index (χ1) is 15.5. The summed E-state index contributed by atoms with van der Waals surface area (Å²) in [7, 11) is 1.83. The smallest absolute Gasteiger partial charge is 0.222 e. The van der Waals surface area contributed by atoms with E-state index < -0.39 is 6.10 Å². The van der Waals surface area contributed by atoms with Crippen molar-refractivity contribution in [2.75, 3.05) is 19.8 Å². The third-order valence-electron chi connectivity index (χ3n) is 5.53. The molecule has 6 nitrogen and oxygen atoms in total. The average Bonchev–Trinajstić information content (AvgIpc) is 3.59. The number of aliphatic hydroxyl groups is 1. The summed E-state index contributed by atoms with van der Waals surface area (Å²) in [5.41, 5.74) is 2.72. The molecule has 3 aromatic rings. The van der Waals surface area contributed by atoms with Gasteiger partial charge in [0, 0.05) is 44.4 Å². The minimum Gasteiger partial charge on any atom is -0.439 e. The maximum absolute atomic E-state index is 13.8. The van der Waals surface area contributed by atoms with Crippen LogP contribution in [0.3, 0.4) is 0 Å². The number of ether oxygens (including phenoxy) is 2. The molecule has 0 bridgehead atoms. The number of benzene rings is 2. The summed E-state index contributed by atoms with van der Waals surface area (Å²) in [4.78, 5) is 2.27. The molecule has 0 saturated heterocycles. The molecule has 1 aliphatic rings. The number of aryl methyl sites for hydroxylation is 1. The SMILES string of the molecule is CCOC[C@H](O)CN(Cc1c(-c2ccccc2)nn(C)c1Oc1cccc(F)c1)C1CC1. The highest BCUT2D eigenvalue weighted by molar-refractivity contribution is 5.65. The Labute approximate surface area is 188 Å². The number of aliphatic hydroxyl groups excluding tert-OH is 1. The number of halogens is 1. The predicted octanol–water partition coefficient (Wildman–Crippen LogP) is 4.38. The maximum Gasteiger partial charge on any atom is 0.222 e. The van der Waals surface area contributed by atoms with Crippen LogP contribution in [0.15, 0.2) is 54.6 Å². The average molecular weight is 440 g/mol. The van der Waals surface area contributed by atoms with Crippen LogP contribution < -0.4 is 4.74 Å².